The molecule has 2 heterocycles. The number of hydrogen-bond donors (Lipinski definition) is 1. The number of halogens is 3. The molecule has 0 aliphatic carbocycles. The molecule has 0 saturated carbocycles. The van der Waals surface area contributed by atoms with E-state index < -0.39 is 23.6 Å². The predicted molar refractivity (Wildman–Crippen MR) is 101 cm³/mol. The molecule has 1 unspecified atom stereocenters. The van der Waals surface area contributed by atoms with Crippen molar-refractivity contribution in [1.82, 2.24) is 10.2 Å². The summed E-state index contributed by atoms with van der Waals surface area (Å²) in [5.41, 5.74) is -0.259. The molecule has 6 nitrogen and oxygen atoms in total. The van der Waals surface area contributed by atoms with Gasteiger partial charge in [0, 0.05) is 44.3 Å². The Bertz CT molecular complexity index is 761. The zero-order valence-electron chi connectivity index (χ0n) is 16.6. The van der Waals surface area contributed by atoms with Gasteiger partial charge >= 0.3 is 6.18 Å². The molecule has 2 saturated heterocycles. The number of carbonyl (C=O) groups is 2. The Morgan fingerprint density at radius 3 is 2.55 bits per heavy atom. The van der Waals surface area contributed by atoms with Crippen molar-refractivity contribution in [2.45, 2.75) is 39.0 Å². The first-order chi connectivity index (χ1) is 13.7. The second-order valence-corrected chi connectivity index (χ2v) is 7.70. The van der Waals surface area contributed by atoms with E-state index >= 15 is 0 Å². The zero-order valence-corrected chi connectivity index (χ0v) is 16.6. The Balaban J connectivity index is 1.70. The molecular formula is C20H26F3N3O3. The van der Waals surface area contributed by atoms with Gasteiger partial charge in [-0.15, -0.1) is 0 Å². The summed E-state index contributed by atoms with van der Waals surface area (Å²) in [6.45, 7) is 5.83. The maximum absolute atomic E-state index is 13.6. The van der Waals surface area contributed by atoms with E-state index in [1.54, 1.807) is 11.0 Å². The van der Waals surface area contributed by atoms with Gasteiger partial charge in [0.05, 0.1) is 24.7 Å². The zero-order chi connectivity index (χ0) is 21.2. The summed E-state index contributed by atoms with van der Waals surface area (Å²) in [6.07, 6.45) is -4.44. The third-order valence-electron chi connectivity index (χ3n) is 5.38. The first-order valence-corrected chi connectivity index (χ1v) is 9.77. The van der Waals surface area contributed by atoms with Crippen LogP contribution in [-0.2, 0) is 27.0 Å². The van der Waals surface area contributed by atoms with Crippen LogP contribution in [0.25, 0.3) is 0 Å². The van der Waals surface area contributed by atoms with Crippen LogP contribution >= 0.6 is 0 Å². The van der Waals surface area contributed by atoms with Gasteiger partial charge in [0.2, 0.25) is 11.8 Å². The number of likely N-dealkylation sites (tertiary alicyclic amines) is 1. The molecule has 0 radical (unpaired) electrons. The SMILES string of the molecule is CC(C)N1CC(C(=O)NCc2ccc(N3CCOCC3)cc2C(F)(F)F)CC1=O. The molecular weight excluding hydrogens is 387 g/mol. The van der Waals surface area contributed by atoms with E-state index in [1.807, 2.05) is 18.7 Å². The van der Waals surface area contributed by atoms with Crippen LogP contribution in [0.15, 0.2) is 18.2 Å². The van der Waals surface area contributed by atoms with Crippen molar-refractivity contribution in [2.75, 3.05) is 37.7 Å². The summed E-state index contributed by atoms with van der Waals surface area (Å²) in [6, 6.07) is 4.17. The number of morpholine rings is 1. The lowest BCUT2D eigenvalue weighted by Gasteiger charge is -2.29. The number of carbonyl (C=O) groups excluding carboxylic acids is 2. The number of amides is 2. The average Bonchev–Trinajstić information content (AvgIpc) is 3.08. The molecule has 1 N–H and O–H groups in total. The predicted octanol–water partition coefficient (Wildman–Crippen LogP) is 2.42. The third kappa shape index (κ3) is 5.01. The van der Waals surface area contributed by atoms with Crippen LogP contribution in [0, 0.1) is 5.92 Å². The number of rotatable bonds is 5. The first-order valence-electron chi connectivity index (χ1n) is 9.77. The highest BCUT2D eigenvalue weighted by Crippen LogP contribution is 2.35. The lowest BCUT2D eigenvalue weighted by atomic mass is 10.0. The summed E-state index contributed by atoms with van der Waals surface area (Å²) in [7, 11) is 0. The van der Waals surface area contributed by atoms with E-state index in [4.69, 9.17) is 4.74 Å². The van der Waals surface area contributed by atoms with Crippen molar-refractivity contribution in [3.8, 4) is 0 Å². The van der Waals surface area contributed by atoms with Crippen molar-refractivity contribution in [2.24, 2.45) is 5.92 Å². The highest BCUT2D eigenvalue weighted by molar-refractivity contribution is 5.89. The molecule has 160 valence electrons. The highest BCUT2D eigenvalue weighted by atomic mass is 19.4. The number of alkyl halides is 3. The normalized spacial score (nSPS) is 20.5. The summed E-state index contributed by atoms with van der Waals surface area (Å²) in [4.78, 5) is 27.8. The Morgan fingerprint density at radius 1 is 1.28 bits per heavy atom. The van der Waals surface area contributed by atoms with Crippen molar-refractivity contribution in [1.29, 1.82) is 0 Å². The molecule has 2 amide bonds. The number of ether oxygens (including phenoxy) is 1. The van der Waals surface area contributed by atoms with E-state index in [1.165, 1.54) is 6.07 Å². The number of nitrogens with one attached hydrogen (secondary N) is 1. The quantitative estimate of drug-likeness (QED) is 0.806. The van der Waals surface area contributed by atoms with Gasteiger partial charge < -0.3 is 19.9 Å². The van der Waals surface area contributed by atoms with Crippen molar-refractivity contribution >= 4 is 17.5 Å². The van der Waals surface area contributed by atoms with Gasteiger partial charge in [0.1, 0.15) is 0 Å². The minimum Gasteiger partial charge on any atom is -0.378 e. The van der Waals surface area contributed by atoms with Crippen LogP contribution in [0.1, 0.15) is 31.4 Å². The van der Waals surface area contributed by atoms with Crippen LogP contribution in [0.3, 0.4) is 0 Å². The van der Waals surface area contributed by atoms with Gasteiger partial charge in [-0.3, -0.25) is 9.59 Å². The largest absolute Gasteiger partial charge is 0.416 e. The monoisotopic (exact) mass is 413 g/mol. The van der Waals surface area contributed by atoms with Crippen LogP contribution < -0.4 is 10.2 Å². The molecule has 0 bridgehead atoms. The molecule has 2 fully saturated rings. The third-order valence-corrected chi connectivity index (χ3v) is 5.38. The lowest BCUT2D eigenvalue weighted by molar-refractivity contribution is -0.138. The Kier molecular flexibility index (Phi) is 6.36. The Morgan fingerprint density at radius 2 is 1.97 bits per heavy atom. The van der Waals surface area contributed by atoms with Crippen LogP contribution in [-0.4, -0.2) is 55.6 Å². The fourth-order valence-corrected chi connectivity index (χ4v) is 3.73. The van der Waals surface area contributed by atoms with Crippen molar-refractivity contribution < 1.29 is 27.5 Å². The summed E-state index contributed by atoms with van der Waals surface area (Å²) in [5, 5.41) is 2.58. The van der Waals surface area contributed by atoms with Crippen LogP contribution in [0.5, 0.6) is 0 Å². The van der Waals surface area contributed by atoms with E-state index in [2.05, 4.69) is 5.32 Å². The summed E-state index contributed by atoms with van der Waals surface area (Å²) in [5.74, 6) is -1.04. The maximum atomic E-state index is 13.6. The molecule has 0 aromatic heterocycles. The van der Waals surface area contributed by atoms with Gasteiger partial charge in [0.25, 0.3) is 0 Å². The Labute approximate surface area is 168 Å². The van der Waals surface area contributed by atoms with Crippen molar-refractivity contribution in [3.05, 3.63) is 29.3 Å². The minimum absolute atomic E-state index is 0.00731. The van der Waals surface area contributed by atoms with Crippen LogP contribution in [0.2, 0.25) is 0 Å². The summed E-state index contributed by atoms with van der Waals surface area (Å²) >= 11 is 0. The first kappa shape index (κ1) is 21.4. The minimum atomic E-state index is -4.53. The van der Waals surface area contributed by atoms with Crippen LogP contribution in [0.4, 0.5) is 18.9 Å². The smallest absolute Gasteiger partial charge is 0.378 e. The number of nitrogens with zero attached hydrogens (tertiary/aromatic N) is 2. The topological polar surface area (TPSA) is 61.9 Å². The fourth-order valence-electron chi connectivity index (χ4n) is 3.73. The number of hydrogen-bond acceptors (Lipinski definition) is 4. The fraction of sp³-hybridized carbons (Fsp3) is 0.600. The van der Waals surface area contributed by atoms with E-state index in [0.29, 0.717) is 38.5 Å². The van der Waals surface area contributed by atoms with E-state index in [9.17, 15) is 22.8 Å². The average molecular weight is 413 g/mol. The summed E-state index contributed by atoms with van der Waals surface area (Å²) < 4.78 is 46.1. The van der Waals surface area contributed by atoms with E-state index in [0.717, 1.165) is 6.07 Å². The highest BCUT2D eigenvalue weighted by Gasteiger charge is 2.37. The number of benzene rings is 1. The molecule has 3 rings (SSSR count). The maximum Gasteiger partial charge on any atom is 0.416 e. The molecule has 2 aliphatic heterocycles. The van der Waals surface area contributed by atoms with Gasteiger partial charge in [-0.25, -0.2) is 0 Å². The molecule has 1 atom stereocenters. The number of anilines is 1. The standard InChI is InChI=1S/C20H26F3N3O3/c1-13(2)26-12-15(9-18(26)27)19(28)24-11-14-3-4-16(10-17(14)20(21,22)23)25-5-7-29-8-6-25/h3-4,10,13,15H,5-9,11-12H2,1-2H3,(H,24,28). The van der Waals surface area contributed by atoms with E-state index in [-0.39, 0.29) is 30.5 Å². The molecule has 1 aromatic rings. The molecule has 0 spiro atoms. The Hall–Kier alpha value is -2.29. The molecule has 29 heavy (non-hydrogen) atoms. The lowest BCUT2D eigenvalue weighted by Crippen LogP contribution is -2.36. The van der Waals surface area contributed by atoms with Gasteiger partial charge in [-0.05, 0) is 31.5 Å². The van der Waals surface area contributed by atoms with Gasteiger partial charge in [-0.2, -0.15) is 13.2 Å². The molecule has 2 aliphatic rings. The second-order valence-electron chi connectivity index (χ2n) is 7.70. The second kappa shape index (κ2) is 8.61. The van der Waals surface area contributed by atoms with Gasteiger partial charge in [0.15, 0.2) is 0 Å². The molecule has 9 heteroatoms. The molecule has 1 aromatic carbocycles. The van der Waals surface area contributed by atoms with Crippen molar-refractivity contribution in [3.63, 3.8) is 0 Å². The van der Waals surface area contributed by atoms with Gasteiger partial charge in [-0.1, -0.05) is 6.07 Å².